The van der Waals surface area contributed by atoms with Crippen molar-refractivity contribution in [3.05, 3.63) is 21.4 Å². The summed E-state index contributed by atoms with van der Waals surface area (Å²) in [5.41, 5.74) is 1.63. The zero-order valence-corrected chi connectivity index (χ0v) is 9.96. The highest BCUT2D eigenvalue weighted by molar-refractivity contribution is 7.12. The van der Waals surface area contributed by atoms with Crippen LogP contribution in [-0.2, 0) is 12.8 Å². The topological polar surface area (TPSA) is 0 Å². The smallest absolute Gasteiger partial charge is 0.00509 e. The van der Waals surface area contributed by atoms with E-state index in [-0.39, 0.29) is 0 Å². The second-order valence-electron chi connectivity index (χ2n) is 4.42. The van der Waals surface area contributed by atoms with E-state index in [4.69, 9.17) is 0 Å². The van der Waals surface area contributed by atoms with Crippen LogP contribution in [0.25, 0.3) is 0 Å². The zero-order valence-electron chi connectivity index (χ0n) is 9.14. The van der Waals surface area contributed by atoms with E-state index in [1.807, 2.05) is 11.3 Å². The van der Waals surface area contributed by atoms with Gasteiger partial charge in [-0.15, -0.1) is 11.3 Å². The van der Waals surface area contributed by atoms with Gasteiger partial charge in [0.1, 0.15) is 0 Å². The molecule has 1 aromatic heterocycles. The van der Waals surface area contributed by atoms with Gasteiger partial charge in [0, 0.05) is 9.75 Å². The van der Waals surface area contributed by atoms with Crippen LogP contribution in [0, 0.1) is 6.92 Å². The molecule has 0 aromatic carbocycles. The summed E-state index contributed by atoms with van der Waals surface area (Å²) in [6.45, 7) is 2.29. The molecule has 0 amide bonds. The fourth-order valence-corrected chi connectivity index (χ4v) is 3.41. The molecule has 78 valence electrons. The van der Waals surface area contributed by atoms with Crippen molar-refractivity contribution < 1.29 is 0 Å². The average Bonchev–Trinajstić information content (AvgIpc) is 2.49. The van der Waals surface area contributed by atoms with Gasteiger partial charge in [0.25, 0.3) is 0 Å². The van der Waals surface area contributed by atoms with E-state index in [1.54, 1.807) is 15.3 Å². The van der Waals surface area contributed by atoms with E-state index >= 15 is 0 Å². The summed E-state index contributed by atoms with van der Waals surface area (Å²) in [5, 5.41) is 0. The van der Waals surface area contributed by atoms with Gasteiger partial charge in [0.15, 0.2) is 0 Å². The number of aryl methyl sites for hydroxylation is 3. The number of hydrogen-bond acceptors (Lipinski definition) is 1. The van der Waals surface area contributed by atoms with E-state index in [9.17, 15) is 0 Å². The van der Waals surface area contributed by atoms with E-state index in [2.05, 4.69) is 13.0 Å². The highest BCUT2D eigenvalue weighted by Crippen LogP contribution is 2.26. The number of thiophene rings is 1. The van der Waals surface area contributed by atoms with E-state index in [0.29, 0.717) is 0 Å². The second kappa shape index (κ2) is 4.97. The summed E-state index contributed by atoms with van der Waals surface area (Å²) in [6, 6.07) is 2.46. The van der Waals surface area contributed by atoms with Crippen molar-refractivity contribution in [1.82, 2.24) is 0 Å². The van der Waals surface area contributed by atoms with Crippen molar-refractivity contribution in [3.8, 4) is 0 Å². The molecular weight excluding hydrogens is 188 g/mol. The predicted molar refractivity (Wildman–Crippen MR) is 64.2 cm³/mol. The largest absolute Gasteiger partial charge is 0.145 e. The molecule has 1 heteroatoms. The number of hydrogen-bond donors (Lipinski definition) is 0. The first-order chi connectivity index (χ1) is 6.86. The van der Waals surface area contributed by atoms with Gasteiger partial charge in [0.2, 0.25) is 0 Å². The van der Waals surface area contributed by atoms with Crippen molar-refractivity contribution in [3.63, 3.8) is 0 Å². The number of fused-ring (bicyclic) bond motifs is 2. The summed E-state index contributed by atoms with van der Waals surface area (Å²) >= 11 is 2.03. The Hall–Kier alpha value is -0.300. The lowest BCUT2D eigenvalue weighted by Gasteiger charge is -2.01. The zero-order chi connectivity index (χ0) is 9.80. The van der Waals surface area contributed by atoms with Gasteiger partial charge in [-0.25, -0.2) is 0 Å². The molecular formula is C13H20S. The third kappa shape index (κ3) is 2.60. The molecule has 1 aliphatic rings. The molecule has 0 spiro atoms. The van der Waals surface area contributed by atoms with Gasteiger partial charge >= 0.3 is 0 Å². The van der Waals surface area contributed by atoms with Gasteiger partial charge in [-0.1, -0.05) is 25.7 Å². The Kier molecular flexibility index (Phi) is 3.63. The van der Waals surface area contributed by atoms with Crippen molar-refractivity contribution in [2.45, 2.75) is 58.3 Å². The summed E-state index contributed by atoms with van der Waals surface area (Å²) in [6.07, 6.45) is 11.2. The quantitative estimate of drug-likeness (QED) is 0.589. The van der Waals surface area contributed by atoms with E-state index < -0.39 is 0 Å². The normalized spacial score (nSPS) is 18.9. The summed E-state index contributed by atoms with van der Waals surface area (Å²) in [5.74, 6) is 0. The Morgan fingerprint density at radius 2 is 1.57 bits per heavy atom. The predicted octanol–water partition coefficient (Wildman–Crippen LogP) is 4.50. The maximum atomic E-state index is 2.46. The minimum atomic E-state index is 1.32. The van der Waals surface area contributed by atoms with Crippen LogP contribution in [0.4, 0.5) is 0 Å². The van der Waals surface area contributed by atoms with Gasteiger partial charge in [0.05, 0.1) is 0 Å². The lowest BCUT2D eigenvalue weighted by molar-refractivity contribution is 0.598. The molecule has 0 N–H and O–H groups in total. The first kappa shape index (κ1) is 10.2. The molecule has 0 nitrogen and oxygen atoms in total. The van der Waals surface area contributed by atoms with Crippen LogP contribution < -0.4 is 0 Å². The first-order valence-electron chi connectivity index (χ1n) is 5.94. The monoisotopic (exact) mass is 208 g/mol. The third-order valence-corrected chi connectivity index (χ3v) is 4.34. The Bertz CT molecular complexity index is 285. The lowest BCUT2D eigenvalue weighted by atomic mass is 10.1. The van der Waals surface area contributed by atoms with Gasteiger partial charge in [-0.2, -0.15) is 0 Å². The fourth-order valence-electron chi connectivity index (χ4n) is 2.28. The minimum Gasteiger partial charge on any atom is -0.145 e. The minimum absolute atomic E-state index is 1.32. The summed E-state index contributed by atoms with van der Waals surface area (Å²) in [4.78, 5) is 3.19. The molecule has 1 heterocycles. The lowest BCUT2D eigenvalue weighted by Crippen LogP contribution is -1.85. The molecule has 2 rings (SSSR count). The standard InChI is InChI=1S/C13H20S/c1-11-12-8-6-4-2-3-5-7-9-13(10-12)14-11/h10H,2-9H2,1H3. The molecule has 1 aliphatic carbocycles. The molecule has 2 bridgehead atoms. The Morgan fingerprint density at radius 1 is 0.929 bits per heavy atom. The average molecular weight is 208 g/mol. The Morgan fingerprint density at radius 3 is 2.36 bits per heavy atom. The third-order valence-electron chi connectivity index (χ3n) is 3.19. The van der Waals surface area contributed by atoms with Crippen LogP contribution in [0.3, 0.4) is 0 Å². The highest BCUT2D eigenvalue weighted by atomic mass is 32.1. The maximum absolute atomic E-state index is 2.46. The molecule has 0 saturated carbocycles. The van der Waals surface area contributed by atoms with Gasteiger partial charge in [-0.05, 0) is 44.2 Å². The summed E-state index contributed by atoms with van der Waals surface area (Å²) < 4.78 is 0. The number of rotatable bonds is 0. The second-order valence-corrected chi connectivity index (χ2v) is 5.76. The fraction of sp³-hybridized carbons (Fsp3) is 0.692. The van der Waals surface area contributed by atoms with Crippen molar-refractivity contribution in [2.75, 3.05) is 0 Å². The van der Waals surface area contributed by atoms with E-state index in [0.717, 1.165) is 0 Å². The van der Waals surface area contributed by atoms with E-state index in [1.165, 1.54) is 51.4 Å². The van der Waals surface area contributed by atoms with Crippen LogP contribution in [-0.4, -0.2) is 0 Å². The Labute approximate surface area is 91.4 Å². The molecule has 0 fully saturated rings. The molecule has 14 heavy (non-hydrogen) atoms. The first-order valence-corrected chi connectivity index (χ1v) is 6.76. The van der Waals surface area contributed by atoms with Crippen molar-refractivity contribution in [1.29, 1.82) is 0 Å². The van der Waals surface area contributed by atoms with Gasteiger partial charge < -0.3 is 0 Å². The Balaban J connectivity index is 2.08. The van der Waals surface area contributed by atoms with Crippen LogP contribution >= 0.6 is 11.3 Å². The SMILES string of the molecule is Cc1sc2cc1CCCCCCCC2. The van der Waals surface area contributed by atoms with Crippen LogP contribution in [0.5, 0.6) is 0 Å². The van der Waals surface area contributed by atoms with Crippen LogP contribution in [0.1, 0.15) is 53.8 Å². The molecule has 0 saturated heterocycles. The van der Waals surface area contributed by atoms with Crippen molar-refractivity contribution >= 4 is 11.3 Å². The van der Waals surface area contributed by atoms with Crippen LogP contribution in [0.15, 0.2) is 6.07 Å². The molecule has 1 aromatic rings. The molecule has 0 radical (unpaired) electrons. The highest BCUT2D eigenvalue weighted by Gasteiger charge is 2.06. The van der Waals surface area contributed by atoms with Gasteiger partial charge in [-0.3, -0.25) is 0 Å². The molecule has 0 aliphatic heterocycles. The molecule has 0 atom stereocenters. The maximum Gasteiger partial charge on any atom is 0.00509 e. The van der Waals surface area contributed by atoms with Crippen molar-refractivity contribution in [2.24, 2.45) is 0 Å². The summed E-state index contributed by atoms with van der Waals surface area (Å²) in [7, 11) is 0. The molecule has 0 unspecified atom stereocenters. The van der Waals surface area contributed by atoms with Crippen LogP contribution in [0.2, 0.25) is 0 Å².